The third kappa shape index (κ3) is 4.10. The van der Waals surface area contributed by atoms with Crippen LogP contribution in [-0.4, -0.2) is 35.6 Å². The first-order valence-corrected chi connectivity index (χ1v) is 9.94. The summed E-state index contributed by atoms with van der Waals surface area (Å²) in [7, 11) is -2.62. The van der Waals surface area contributed by atoms with Crippen LogP contribution in [0.5, 0.6) is 5.88 Å². The lowest BCUT2D eigenvalue weighted by atomic mass is 10.1. The molecular formula is C19H20N4O4S. The summed E-state index contributed by atoms with van der Waals surface area (Å²) in [5.41, 5.74) is 2.21. The minimum Gasteiger partial charge on any atom is -0.478 e. The van der Waals surface area contributed by atoms with Gasteiger partial charge in [-0.1, -0.05) is 24.3 Å². The molecule has 0 saturated carbocycles. The molecule has 28 heavy (non-hydrogen) atoms. The van der Waals surface area contributed by atoms with Gasteiger partial charge in [-0.2, -0.15) is 0 Å². The van der Waals surface area contributed by atoms with Gasteiger partial charge >= 0.3 is 0 Å². The van der Waals surface area contributed by atoms with Crippen LogP contribution < -0.4 is 9.46 Å². The molecule has 0 spiro atoms. The molecule has 2 N–H and O–H groups in total. The van der Waals surface area contributed by atoms with Crippen molar-refractivity contribution in [1.82, 2.24) is 15.0 Å². The maximum Gasteiger partial charge on any atom is 0.265 e. The van der Waals surface area contributed by atoms with Crippen LogP contribution in [0.1, 0.15) is 24.3 Å². The van der Waals surface area contributed by atoms with Gasteiger partial charge in [0.05, 0.1) is 30.8 Å². The van der Waals surface area contributed by atoms with E-state index in [-0.39, 0.29) is 22.3 Å². The molecule has 9 heteroatoms. The van der Waals surface area contributed by atoms with E-state index in [0.29, 0.717) is 11.3 Å². The number of anilines is 1. The summed E-state index contributed by atoms with van der Waals surface area (Å²) in [5, 5.41) is 9.66. The largest absolute Gasteiger partial charge is 0.478 e. The number of aliphatic hydroxyl groups is 1. The number of hydrogen-bond acceptors (Lipinski definition) is 7. The molecule has 146 valence electrons. The van der Waals surface area contributed by atoms with Crippen molar-refractivity contribution in [3.8, 4) is 17.1 Å². The van der Waals surface area contributed by atoms with Crippen molar-refractivity contribution in [1.29, 1.82) is 0 Å². The van der Waals surface area contributed by atoms with Crippen LogP contribution in [0, 0.1) is 6.92 Å². The molecule has 3 rings (SSSR count). The molecule has 8 nitrogen and oxygen atoms in total. The molecule has 0 bridgehead atoms. The number of methoxy groups -OCH3 is 1. The van der Waals surface area contributed by atoms with Crippen molar-refractivity contribution in [3.63, 3.8) is 0 Å². The molecule has 0 fully saturated rings. The maximum atomic E-state index is 13.0. The number of pyridine rings is 1. The van der Waals surface area contributed by atoms with Gasteiger partial charge in [0.1, 0.15) is 4.90 Å². The van der Waals surface area contributed by atoms with E-state index in [4.69, 9.17) is 4.74 Å². The van der Waals surface area contributed by atoms with Gasteiger partial charge in [-0.3, -0.25) is 9.71 Å². The normalized spacial score (nSPS) is 12.4. The highest BCUT2D eigenvalue weighted by atomic mass is 32.2. The third-order valence-electron chi connectivity index (χ3n) is 4.01. The van der Waals surface area contributed by atoms with Gasteiger partial charge in [0.25, 0.3) is 15.9 Å². The Kier molecular flexibility index (Phi) is 5.57. The van der Waals surface area contributed by atoms with Crippen molar-refractivity contribution in [2.24, 2.45) is 0 Å². The fraction of sp³-hybridized carbons (Fsp3) is 0.211. The molecule has 1 unspecified atom stereocenters. The first kappa shape index (κ1) is 19.7. The number of hydrogen-bond donors (Lipinski definition) is 2. The molecule has 0 radical (unpaired) electrons. The molecule has 1 aromatic carbocycles. The summed E-state index contributed by atoms with van der Waals surface area (Å²) in [6, 6.07) is 9.90. The van der Waals surface area contributed by atoms with E-state index in [2.05, 4.69) is 19.7 Å². The first-order chi connectivity index (χ1) is 13.3. The van der Waals surface area contributed by atoms with E-state index in [9.17, 15) is 13.5 Å². The van der Waals surface area contributed by atoms with Crippen molar-refractivity contribution >= 4 is 15.8 Å². The molecule has 2 aromatic heterocycles. The van der Waals surface area contributed by atoms with Crippen LogP contribution in [0.4, 0.5) is 5.82 Å². The Balaban J connectivity index is 2.02. The number of rotatable bonds is 6. The van der Waals surface area contributed by atoms with Gasteiger partial charge in [0.2, 0.25) is 5.82 Å². The van der Waals surface area contributed by atoms with Gasteiger partial charge in [0.15, 0.2) is 0 Å². The Morgan fingerprint density at radius 3 is 2.50 bits per heavy atom. The molecule has 0 aliphatic rings. The predicted octanol–water partition coefficient (Wildman–Crippen LogP) is 2.71. The third-order valence-corrected chi connectivity index (χ3v) is 5.38. The summed E-state index contributed by atoms with van der Waals surface area (Å²) in [6.45, 7) is 3.38. The second-order valence-electron chi connectivity index (χ2n) is 6.12. The summed E-state index contributed by atoms with van der Waals surface area (Å²) in [5.74, 6) is 0.0719. The van der Waals surface area contributed by atoms with E-state index < -0.39 is 16.1 Å². The van der Waals surface area contributed by atoms with Gasteiger partial charge in [-0.05, 0) is 31.5 Å². The Labute approximate surface area is 163 Å². The number of aryl methyl sites for hydroxylation is 1. The van der Waals surface area contributed by atoms with Crippen LogP contribution in [0.2, 0.25) is 0 Å². The zero-order valence-corrected chi connectivity index (χ0v) is 16.4. The smallest absolute Gasteiger partial charge is 0.265 e. The Morgan fingerprint density at radius 2 is 1.86 bits per heavy atom. The standard InChI is InChI=1S/C19H20N4O4S/c1-12-11-21-18(19(22-12)27-3)23-28(25,26)16-5-4-10-20-17(16)15-8-6-14(7-9-15)13(2)24/h4-11,13,24H,1-3H3,(H,21,23). The van der Waals surface area contributed by atoms with E-state index in [1.807, 2.05) is 0 Å². The van der Waals surface area contributed by atoms with E-state index in [0.717, 1.165) is 5.56 Å². The number of nitrogens with one attached hydrogen (secondary N) is 1. The van der Waals surface area contributed by atoms with Crippen molar-refractivity contribution in [3.05, 3.63) is 60.0 Å². The maximum absolute atomic E-state index is 13.0. The summed E-state index contributed by atoms with van der Waals surface area (Å²) in [6.07, 6.45) is 2.35. The average Bonchev–Trinajstić information content (AvgIpc) is 2.69. The fourth-order valence-corrected chi connectivity index (χ4v) is 3.78. The molecule has 0 aliphatic carbocycles. The molecule has 0 amide bonds. The van der Waals surface area contributed by atoms with E-state index >= 15 is 0 Å². The van der Waals surface area contributed by atoms with E-state index in [1.54, 1.807) is 44.2 Å². The molecular weight excluding hydrogens is 380 g/mol. The molecule has 3 aromatic rings. The fourth-order valence-electron chi connectivity index (χ4n) is 2.59. The van der Waals surface area contributed by atoms with E-state index in [1.165, 1.54) is 25.6 Å². The zero-order chi connectivity index (χ0) is 20.3. The van der Waals surface area contributed by atoms with Crippen molar-refractivity contribution < 1.29 is 18.3 Å². The number of benzene rings is 1. The van der Waals surface area contributed by atoms with Crippen LogP contribution in [-0.2, 0) is 10.0 Å². The van der Waals surface area contributed by atoms with Gasteiger partial charge in [0, 0.05) is 11.8 Å². The number of sulfonamides is 1. The summed E-state index contributed by atoms with van der Waals surface area (Å²) < 4.78 is 33.6. The molecule has 0 aliphatic heterocycles. The lowest BCUT2D eigenvalue weighted by Gasteiger charge is -2.13. The number of ether oxygens (including phenoxy) is 1. The molecule has 2 heterocycles. The second kappa shape index (κ2) is 7.91. The van der Waals surface area contributed by atoms with Crippen LogP contribution in [0.3, 0.4) is 0 Å². The average molecular weight is 400 g/mol. The molecule has 0 saturated heterocycles. The monoisotopic (exact) mass is 400 g/mol. The predicted molar refractivity (Wildman–Crippen MR) is 104 cm³/mol. The Morgan fingerprint density at radius 1 is 1.14 bits per heavy atom. The number of aromatic nitrogens is 3. The second-order valence-corrected chi connectivity index (χ2v) is 7.77. The summed E-state index contributed by atoms with van der Waals surface area (Å²) in [4.78, 5) is 12.4. The number of nitrogens with zero attached hydrogens (tertiary/aromatic N) is 3. The first-order valence-electron chi connectivity index (χ1n) is 8.45. The Bertz CT molecular complexity index is 1080. The minimum absolute atomic E-state index is 0.00708. The van der Waals surface area contributed by atoms with Crippen molar-refractivity contribution in [2.45, 2.75) is 24.8 Å². The number of aliphatic hydroxyl groups excluding tert-OH is 1. The zero-order valence-electron chi connectivity index (χ0n) is 15.6. The van der Waals surface area contributed by atoms with Gasteiger partial charge < -0.3 is 9.84 Å². The van der Waals surface area contributed by atoms with Gasteiger partial charge in [-0.25, -0.2) is 18.4 Å². The van der Waals surface area contributed by atoms with Gasteiger partial charge in [-0.15, -0.1) is 0 Å². The van der Waals surface area contributed by atoms with Crippen molar-refractivity contribution in [2.75, 3.05) is 11.8 Å². The highest BCUT2D eigenvalue weighted by Crippen LogP contribution is 2.29. The highest BCUT2D eigenvalue weighted by molar-refractivity contribution is 7.92. The lowest BCUT2D eigenvalue weighted by Crippen LogP contribution is -2.16. The van der Waals surface area contributed by atoms with Crippen LogP contribution in [0.25, 0.3) is 11.3 Å². The quantitative estimate of drug-likeness (QED) is 0.654. The molecule has 1 atom stereocenters. The van der Waals surface area contributed by atoms with Crippen LogP contribution in [0.15, 0.2) is 53.7 Å². The van der Waals surface area contributed by atoms with Crippen LogP contribution >= 0.6 is 0 Å². The lowest BCUT2D eigenvalue weighted by molar-refractivity contribution is 0.199. The highest BCUT2D eigenvalue weighted by Gasteiger charge is 2.23. The topological polar surface area (TPSA) is 114 Å². The Hall–Kier alpha value is -3.04. The minimum atomic E-state index is -4.01. The SMILES string of the molecule is COc1nc(C)cnc1NS(=O)(=O)c1cccnc1-c1ccc(C(C)O)cc1. The summed E-state index contributed by atoms with van der Waals surface area (Å²) >= 11 is 0.